The van der Waals surface area contributed by atoms with Gasteiger partial charge in [0.2, 0.25) is 0 Å². The van der Waals surface area contributed by atoms with Crippen LogP contribution in [0.5, 0.6) is 5.75 Å². The van der Waals surface area contributed by atoms with Crippen LogP contribution in [0.4, 0.5) is 4.39 Å². The van der Waals surface area contributed by atoms with E-state index in [1.807, 2.05) is 14.0 Å². The van der Waals surface area contributed by atoms with Crippen molar-refractivity contribution in [1.82, 2.24) is 4.90 Å². The van der Waals surface area contributed by atoms with Crippen LogP contribution in [-0.2, 0) is 0 Å². The first-order valence-electron chi connectivity index (χ1n) is 6.77. The molecule has 0 aromatic heterocycles. The predicted octanol–water partition coefficient (Wildman–Crippen LogP) is 2.90. The van der Waals surface area contributed by atoms with Crippen molar-refractivity contribution in [1.29, 1.82) is 0 Å². The Balaban J connectivity index is 2.66. The van der Waals surface area contributed by atoms with Crippen LogP contribution in [0, 0.1) is 11.7 Å². The van der Waals surface area contributed by atoms with Crippen molar-refractivity contribution in [2.24, 2.45) is 11.7 Å². The van der Waals surface area contributed by atoms with Crippen LogP contribution in [0.25, 0.3) is 0 Å². The zero-order valence-corrected chi connectivity index (χ0v) is 12.2. The van der Waals surface area contributed by atoms with Gasteiger partial charge in [-0.1, -0.05) is 13.8 Å². The number of rotatable bonds is 6. The van der Waals surface area contributed by atoms with Crippen molar-refractivity contribution in [3.63, 3.8) is 0 Å². The predicted molar refractivity (Wildman–Crippen MR) is 76.5 cm³/mol. The topological polar surface area (TPSA) is 49.5 Å². The summed E-state index contributed by atoms with van der Waals surface area (Å²) < 4.78 is 13.2. The van der Waals surface area contributed by atoms with Gasteiger partial charge in [0.15, 0.2) is 0 Å². The maximum atomic E-state index is 13.2. The Kier molecular flexibility index (Phi) is 5.76. The summed E-state index contributed by atoms with van der Waals surface area (Å²) >= 11 is 0. The van der Waals surface area contributed by atoms with Gasteiger partial charge in [0.25, 0.3) is 0 Å². The summed E-state index contributed by atoms with van der Waals surface area (Å²) in [4.78, 5) is 2.08. The van der Waals surface area contributed by atoms with Crippen LogP contribution in [0.2, 0.25) is 0 Å². The zero-order chi connectivity index (χ0) is 14.6. The highest BCUT2D eigenvalue weighted by Crippen LogP contribution is 2.28. The molecule has 0 aliphatic rings. The van der Waals surface area contributed by atoms with Crippen LogP contribution < -0.4 is 5.73 Å². The fourth-order valence-corrected chi connectivity index (χ4v) is 1.98. The van der Waals surface area contributed by atoms with Crippen LogP contribution in [0.15, 0.2) is 18.2 Å². The van der Waals surface area contributed by atoms with E-state index in [0.717, 1.165) is 13.0 Å². The van der Waals surface area contributed by atoms with Crippen molar-refractivity contribution in [3.8, 4) is 5.75 Å². The van der Waals surface area contributed by atoms with Gasteiger partial charge in [-0.2, -0.15) is 0 Å². The van der Waals surface area contributed by atoms with E-state index in [-0.39, 0.29) is 23.7 Å². The number of halogens is 1. The normalized spacial score (nSPS) is 14.9. The molecule has 3 N–H and O–H groups in total. The first-order chi connectivity index (χ1) is 8.82. The highest BCUT2D eigenvalue weighted by atomic mass is 19.1. The summed E-state index contributed by atoms with van der Waals surface area (Å²) in [6.07, 6.45) is 0.884. The van der Waals surface area contributed by atoms with E-state index in [0.29, 0.717) is 11.5 Å². The van der Waals surface area contributed by atoms with Crippen molar-refractivity contribution in [3.05, 3.63) is 29.6 Å². The van der Waals surface area contributed by atoms with E-state index in [4.69, 9.17) is 5.73 Å². The van der Waals surface area contributed by atoms with Gasteiger partial charge in [-0.3, -0.25) is 4.90 Å². The largest absolute Gasteiger partial charge is 0.508 e. The minimum absolute atomic E-state index is 0.0462. The molecule has 0 amide bonds. The van der Waals surface area contributed by atoms with Gasteiger partial charge in [0, 0.05) is 17.6 Å². The average Bonchev–Trinajstić information content (AvgIpc) is 2.37. The molecule has 0 radical (unpaired) electrons. The molecule has 2 atom stereocenters. The maximum absolute atomic E-state index is 13.2. The van der Waals surface area contributed by atoms with Gasteiger partial charge in [0.1, 0.15) is 11.6 Å². The summed E-state index contributed by atoms with van der Waals surface area (Å²) in [5.41, 5.74) is 6.63. The number of phenolic OH excluding ortho intramolecular Hbond substituents is 1. The number of nitrogens with two attached hydrogens (primary N) is 1. The van der Waals surface area contributed by atoms with E-state index >= 15 is 0 Å². The van der Waals surface area contributed by atoms with Crippen LogP contribution in [0.3, 0.4) is 0 Å². The minimum atomic E-state index is -0.327. The van der Waals surface area contributed by atoms with Crippen molar-refractivity contribution < 1.29 is 9.50 Å². The number of hydrogen-bond donors (Lipinski definition) is 2. The molecular formula is C15H25FN2O. The first-order valence-corrected chi connectivity index (χ1v) is 6.77. The van der Waals surface area contributed by atoms with Crippen molar-refractivity contribution >= 4 is 0 Å². The Labute approximate surface area is 115 Å². The molecule has 0 saturated heterocycles. The Bertz CT molecular complexity index is 409. The second-order valence-corrected chi connectivity index (χ2v) is 5.56. The lowest BCUT2D eigenvalue weighted by molar-refractivity contribution is 0.239. The summed E-state index contributed by atoms with van der Waals surface area (Å²) in [7, 11) is 1.96. The molecule has 0 fully saturated rings. The van der Waals surface area contributed by atoms with E-state index in [1.165, 1.54) is 18.2 Å². The van der Waals surface area contributed by atoms with Gasteiger partial charge < -0.3 is 10.8 Å². The Morgan fingerprint density at radius 2 is 1.95 bits per heavy atom. The smallest absolute Gasteiger partial charge is 0.123 e. The summed E-state index contributed by atoms with van der Waals surface area (Å²) in [5.74, 6) is 0.257. The van der Waals surface area contributed by atoms with Gasteiger partial charge in [0.05, 0.1) is 0 Å². The molecule has 4 heteroatoms. The van der Waals surface area contributed by atoms with E-state index in [2.05, 4.69) is 18.7 Å². The van der Waals surface area contributed by atoms with Gasteiger partial charge in [-0.15, -0.1) is 0 Å². The standard InChI is InChI=1S/C15H25FN2O/c1-10(2)14(17)7-8-18(4)11(3)13-9-12(16)5-6-15(13)19/h5-6,9-11,14,19H,7-8,17H2,1-4H3. The molecule has 108 valence electrons. The van der Waals surface area contributed by atoms with Crippen LogP contribution in [-0.4, -0.2) is 29.6 Å². The second kappa shape index (κ2) is 6.87. The molecule has 0 bridgehead atoms. The third-order valence-corrected chi connectivity index (χ3v) is 3.77. The number of aromatic hydroxyl groups is 1. The fourth-order valence-electron chi connectivity index (χ4n) is 1.98. The lowest BCUT2D eigenvalue weighted by Crippen LogP contribution is -2.33. The number of benzene rings is 1. The maximum Gasteiger partial charge on any atom is 0.123 e. The Morgan fingerprint density at radius 3 is 2.53 bits per heavy atom. The molecule has 1 aromatic rings. The monoisotopic (exact) mass is 268 g/mol. The van der Waals surface area contributed by atoms with E-state index in [9.17, 15) is 9.50 Å². The molecule has 0 aliphatic heterocycles. The molecule has 3 nitrogen and oxygen atoms in total. The van der Waals surface area contributed by atoms with Crippen molar-refractivity contribution in [2.45, 2.75) is 39.3 Å². The molecule has 0 saturated carbocycles. The van der Waals surface area contributed by atoms with Crippen molar-refractivity contribution in [2.75, 3.05) is 13.6 Å². The van der Waals surface area contributed by atoms with Gasteiger partial charge >= 0.3 is 0 Å². The molecule has 0 aliphatic carbocycles. The first kappa shape index (κ1) is 15.9. The van der Waals surface area contributed by atoms with Gasteiger partial charge in [-0.05, 0) is 51.1 Å². The lowest BCUT2D eigenvalue weighted by Gasteiger charge is -2.27. The molecule has 2 unspecified atom stereocenters. The minimum Gasteiger partial charge on any atom is -0.508 e. The fraction of sp³-hybridized carbons (Fsp3) is 0.600. The summed E-state index contributed by atoms with van der Waals surface area (Å²) in [6.45, 7) is 6.98. The molecule has 0 heterocycles. The SMILES string of the molecule is CC(C)C(N)CCN(C)C(C)c1cc(F)ccc1O. The van der Waals surface area contributed by atoms with E-state index in [1.54, 1.807) is 0 Å². The third kappa shape index (κ3) is 4.48. The summed E-state index contributed by atoms with van der Waals surface area (Å²) in [5, 5.41) is 9.80. The highest BCUT2D eigenvalue weighted by Gasteiger charge is 2.17. The Morgan fingerprint density at radius 1 is 1.32 bits per heavy atom. The number of nitrogens with zero attached hydrogens (tertiary/aromatic N) is 1. The van der Waals surface area contributed by atoms with Crippen LogP contribution >= 0.6 is 0 Å². The summed E-state index contributed by atoms with van der Waals surface area (Å²) in [6, 6.07) is 4.17. The molecule has 0 spiro atoms. The molecule has 1 rings (SSSR count). The zero-order valence-electron chi connectivity index (χ0n) is 12.2. The Hall–Kier alpha value is -1.13. The quantitative estimate of drug-likeness (QED) is 0.834. The lowest BCUT2D eigenvalue weighted by atomic mass is 10.0. The number of phenols is 1. The van der Waals surface area contributed by atoms with E-state index < -0.39 is 0 Å². The molecule has 19 heavy (non-hydrogen) atoms. The van der Waals surface area contributed by atoms with Gasteiger partial charge in [-0.25, -0.2) is 4.39 Å². The number of hydrogen-bond acceptors (Lipinski definition) is 3. The molecule has 1 aromatic carbocycles. The average molecular weight is 268 g/mol. The van der Waals surface area contributed by atoms with Crippen LogP contribution in [0.1, 0.15) is 38.8 Å². The molecular weight excluding hydrogens is 243 g/mol. The highest BCUT2D eigenvalue weighted by molar-refractivity contribution is 5.34. The third-order valence-electron chi connectivity index (χ3n) is 3.77. The second-order valence-electron chi connectivity index (χ2n) is 5.56.